The molecule has 8 heteroatoms. The van der Waals surface area contributed by atoms with Crippen LogP contribution >= 0.6 is 11.3 Å². The largest absolute Gasteiger partial charge is 0.497 e. The predicted molar refractivity (Wildman–Crippen MR) is 107 cm³/mol. The van der Waals surface area contributed by atoms with Crippen LogP contribution in [0.1, 0.15) is 16.1 Å². The molecule has 0 radical (unpaired) electrons. The van der Waals surface area contributed by atoms with Crippen molar-refractivity contribution in [3.8, 4) is 5.75 Å². The summed E-state index contributed by atoms with van der Waals surface area (Å²) in [5, 5.41) is 9.98. The SMILES string of the molecule is COc1cccc(NC(=O)c2csc(NC(=O)Nc3ccc(C)cc3)n2)c1. The second kappa shape index (κ2) is 8.33. The molecule has 7 nitrogen and oxygen atoms in total. The fourth-order valence-corrected chi connectivity index (χ4v) is 2.91. The van der Waals surface area contributed by atoms with Gasteiger partial charge in [-0.1, -0.05) is 23.8 Å². The van der Waals surface area contributed by atoms with Gasteiger partial charge in [-0.3, -0.25) is 10.1 Å². The van der Waals surface area contributed by atoms with Crippen molar-refractivity contribution in [1.29, 1.82) is 0 Å². The average Bonchev–Trinajstić information content (AvgIpc) is 3.12. The molecular weight excluding hydrogens is 364 g/mol. The lowest BCUT2D eigenvalue weighted by atomic mass is 10.2. The number of nitrogens with zero attached hydrogens (tertiary/aromatic N) is 1. The predicted octanol–water partition coefficient (Wildman–Crippen LogP) is 4.36. The lowest BCUT2D eigenvalue weighted by Crippen LogP contribution is -2.19. The van der Waals surface area contributed by atoms with E-state index in [2.05, 4.69) is 20.9 Å². The first-order valence-electron chi connectivity index (χ1n) is 8.09. The standard InChI is InChI=1S/C19H18N4O3S/c1-12-6-8-13(9-7-12)21-18(25)23-19-22-16(11-27-19)17(24)20-14-4-3-5-15(10-14)26-2/h3-11H,1-2H3,(H,20,24)(H2,21,22,23,25). The maximum Gasteiger partial charge on any atom is 0.325 e. The van der Waals surface area contributed by atoms with Gasteiger partial charge in [0.15, 0.2) is 5.13 Å². The van der Waals surface area contributed by atoms with Gasteiger partial charge in [0.25, 0.3) is 5.91 Å². The molecule has 1 aromatic heterocycles. The molecule has 3 N–H and O–H groups in total. The Bertz CT molecular complexity index is 954. The summed E-state index contributed by atoms with van der Waals surface area (Å²) < 4.78 is 5.13. The third-order valence-corrected chi connectivity index (χ3v) is 4.35. The van der Waals surface area contributed by atoms with Crippen molar-refractivity contribution in [3.05, 3.63) is 65.2 Å². The number of ether oxygens (including phenoxy) is 1. The normalized spacial score (nSPS) is 10.1. The number of urea groups is 1. The van der Waals surface area contributed by atoms with E-state index in [0.29, 0.717) is 22.3 Å². The van der Waals surface area contributed by atoms with Gasteiger partial charge in [-0.15, -0.1) is 11.3 Å². The molecule has 0 fully saturated rings. The minimum absolute atomic E-state index is 0.216. The van der Waals surface area contributed by atoms with Gasteiger partial charge in [0.05, 0.1) is 7.11 Å². The molecule has 3 amide bonds. The smallest absolute Gasteiger partial charge is 0.325 e. The van der Waals surface area contributed by atoms with E-state index in [9.17, 15) is 9.59 Å². The topological polar surface area (TPSA) is 92.4 Å². The van der Waals surface area contributed by atoms with E-state index in [1.165, 1.54) is 11.3 Å². The van der Waals surface area contributed by atoms with Gasteiger partial charge >= 0.3 is 6.03 Å². The number of hydrogen-bond donors (Lipinski definition) is 3. The van der Waals surface area contributed by atoms with Crippen LogP contribution in [0.15, 0.2) is 53.9 Å². The number of amides is 3. The van der Waals surface area contributed by atoms with Crippen LogP contribution < -0.4 is 20.7 Å². The Morgan fingerprint density at radius 3 is 2.52 bits per heavy atom. The third-order valence-electron chi connectivity index (χ3n) is 3.59. The molecule has 3 rings (SSSR count). The molecule has 3 aromatic rings. The number of rotatable bonds is 5. The fraction of sp³-hybridized carbons (Fsp3) is 0.105. The summed E-state index contributed by atoms with van der Waals surface area (Å²) in [5.41, 5.74) is 2.59. The first kappa shape index (κ1) is 18.4. The van der Waals surface area contributed by atoms with Crippen molar-refractivity contribution in [3.63, 3.8) is 0 Å². The maximum absolute atomic E-state index is 12.3. The zero-order valence-corrected chi connectivity index (χ0v) is 15.6. The molecule has 0 saturated heterocycles. The van der Waals surface area contributed by atoms with Gasteiger partial charge in [-0.2, -0.15) is 0 Å². The monoisotopic (exact) mass is 382 g/mol. The minimum Gasteiger partial charge on any atom is -0.497 e. The molecule has 2 aromatic carbocycles. The van der Waals surface area contributed by atoms with Crippen molar-refractivity contribution >= 4 is 39.8 Å². The van der Waals surface area contributed by atoms with Gasteiger partial charge < -0.3 is 15.4 Å². The zero-order valence-electron chi connectivity index (χ0n) is 14.8. The Morgan fingerprint density at radius 2 is 1.78 bits per heavy atom. The molecule has 0 atom stereocenters. The number of methoxy groups -OCH3 is 1. The van der Waals surface area contributed by atoms with Gasteiger partial charge in [-0.05, 0) is 31.2 Å². The van der Waals surface area contributed by atoms with Crippen LogP contribution in [0, 0.1) is 6.92 Å². The Balaban J connectivity index is 1.59. The van der Waals surface area contributed by atoms with Gasteiger partial charge in [0.1, 0.15) is 11.4 Å². The van der Waals surface area contributed by atoms with E-state index in [1.54, 1.807) is 36.8 Å². The Morgan fingerprint density at radius 1 is 1.00 bits per heavy atom. The van der Waals surface area contributed by atoms with E-state index in [-0.39, 0.29) is 11.6 Å². The molecule has 1 heterocycles. The van der Waals surface area contributed by atoms with Crippen LogP contribution in [0.2, 0.25) is 0 Å². The highest BCUT2D eigenvalue weighted by molar-refractivity contribution is 7.14. The maximum atomic E-state index is 12.3. The second-order valence-corrected chi connectivity index (χ2v) is 6.53. The minimum atomic E-state index is -0.423. The molecule has 27 heavy (non-hydrogen) atoms. The summed E-state index contributed by atoms with van der Waals surface area (Å²) in [6.07, 6.45) is 0. The lowest BCUT2D eigenvalue weighted by molar-refractivity contribution is 0.102. The van der Waals surface area contributed by atoms with Crippen molar-refractivity contribution < 1.29 is 14.3 Å². The number of thiazole rings is 1. The lowest BCUT2D eigenvalue weighted by Gasteiger charge is -2.06. The highest BCUT2D eigenvalue weighted by Gasteiger charge is 2.13. The highest BCUT2D eigenvalue weighted by Crippen LogP contribution is 2.20. The molecule has 0 spiro atoms. The molecule has 0 aliphatic carbocycles. The number of aryl methyl sites for hydroxylation is 1. The summed E-state index contributed by atoms with van der Waals surface area (Å²) in [7, 11) is 1.56. The number of carbonyl (C=O) groups is 2. The van der Waals surface area contributed by atoms with Crippen molar-refractivity contribution in [1.82, 2.24) is 4.98 Å². The molecule has 0 bridgehead atoms. The first-order valence-corrected chi connectivity index (χ1v) is 8.97. The Hall–Kier alpha value is -3.39. The van der Waals surface area contributed by atoms with Crippen LogP contribution in [0.25, 0.3) is 0 Å². The van der Waals surface area contributed by atoms with E-state index in [1.807, 2.05) is 31.2 Å². The summed E-state index contributed by atoms with van der Waals surface area (Å²) in [6, 6.07) is 14.0. The van der Waals surface area contributed by atoms with Gasteiger partial charge in [0.2, 0.25) is 0 Å². The molecule has 0 saturated carbocycles. The summed E-state index contributed by atoms with van der Waals surface area (Å²) in [6.45, 7) is 1.97. The van der Waals surface area contributed by atoms with Crippen molar-refractivity contribution in [2.24, 2.45) is 0 Å². The van der Waals surface area contributed by atoms with Crippen LogP contribution in [-0.2, 0) is 0 Å². The van der Waals surface area contributed by atoms with Gasteiger partial charge in [0, 0.05) is 22.8 Å². The fourth-order valence-electron chi connectivity index (χ4n) is 2.23. The van der Waals surface area contributed by atoms with Crippen LogP contribution in [0.5, 0.6) is 5.75 Å². The average molecular weight is 382 g/mol. The third kappa shape index (κ3) is 5.05. The molecule has 138 valence electrons. The summed E-state index contributed by atoms with van der Waals surface area (Å²) >= 11 is 1.17. The van der Waals surface area contributed by atoms with E-state index in [4.69, 9.17) is 4.74 Å². The van der Waals surface area contributed by atoms with Crippen molar-refractivity contribution in [2.75, 3.05) is 23.1 Å². The quantitative estimate of drug-likeness (QED) is 0.611. The van der Waals surface area contributed by atoms with Gasteiger partial charge in [-0.25, -0.2) is 9.78 Å². The number of anilines is 3. The number of nitrogens with one attached hydrogen (secondary N) is 3. The Kier molecular flexibility index (Phi) is 5.68. The molecule has 0 unspecified atom stereocenters. The van der Waals surface area contributed by atoms with Crippen LogP contribution in [0.3, 0.4) is 0 Å². The number of aromatic nitrogens is 1. The van der Waals surface area contributed by atoms with E-state index in [0.717, 1.165) is 5.56 Å². The number of benzene rings is 2. The van der Waals surface area contributed by atoms with E-state index < -0.39 is 6.03 Å². The zero-order chi connectivity index (χ0) is 19.2. The molecular formula is C19H18N4O3S. The second-order valence-electron chi connectivity index (χ2n) is 5.67. The number of hydrogen-bond acceptors (Lipinski definition) is 5. The molecule has 0 aliphatic heterocycles. The first-order chi connectivity index (χ1) is 13.0. The molecule has 0 aliphatic rings. The van der Waals surface area contributed by atoms with Crippen LogP contribution in [0.4, 0.5) is 21.3 Å². The summed E-state index contributed by atoms with van der Waals surface area (Å²) in [5.74, 6) is 0.271. The summed E-state index contributed by atoms with van der Waals surface area (Å²) in [4.78, 5) is 28.5. The number of carbonyl (C=O) groups excluding carboxylic acids is 2. The van der Waals surface area contributed by atoms with E-state index >= 15 is 0 Å². The van der Waals surface area contributed by atoms with Crippen LogP contribution in [-0.4, -0.2) is 24.0 Å². The van der Waals surface area contributed by atoms with Crippen molar-refractivity contribution in [2.45, 2.75) is 6.92 Å². The Labute approximate surface area is 160 Å². The highest BCUT2D eigenvalue weighted by atomic mass is 32.1.